The van der Waals surface area contributed by atoms with Gasteiger partial charge in [-0.1, -0.05) is 35.9 Å². The number of hydrogen-bond donors (Lipinski definition) is 1. The van der Waals surface area contributed by atoms with Gasteiger partial charge in [-0.25, -0.2) is 8.42 Å². The van der Waals surface area contributed by atoms with Gasteiger partial charge >= 0.3 is 0 Å². The van der Waals surface area contributed by atoms with E-state index in [0.29, 0.717) is 5.69 Å². The van der Waals surface area contributed by atoms with E-state index in [0.717, 1.165) is 5.56 Å². The van der Waals surface area contributed by atoms with Crippen molar-refractivity contribution in [3.8, 4) is 0 Å². The molecule has 2 rings (SSSR count). The number of ketones is 1. The van der Waals surface area contributed by atoms with Crippen LogP contribution in [-0.4, -0.2) is 19.2 Å². The number of carbonyl (C=O) groups excluding carboxylic acids is 1. The van der Waals surface area contributed by atoms with Crippen LogP contribution in [0.5, 0.6) is 0 Å². The van der Waals surface area contributed by atoms with Gasteiger partial charge in [-0.2, -0.15) is 5.10 Å². The topological polar surface area (TPSA) is 75.6 Å². The van der Waals surface area contributed by atoms with Crippen LogP contribution >= 0.6 is 0 Å². The summed E-state index contributed by atoms with van der Waals surface area (Å²) in [5, 5.41) is 3.29. The number of nitrogens with zero attached hydrogens (tertiary/aromatic N) is 1. The molecular formula is C16H16N2O3S. The highest BCUT2D eigenvalue weighted by atomic mass is 32.2. The van der Waals surface area contributed by atoms with Crippen molar-refractivity contribution in [1.29, 1.82) is 0 Å². The van der Waals surface area contributed by atoms with Crippen LogP contribution in [-0.2, 0) is 14.6 Å². The van der Waals surface area contributed by atoms with Crippen molar-refractivity contribution in [2.24, 2.45) is 5.10 Å². The fourth-order valence-electron chi connectivity index (χ4n) is 1.78. The minimum Gasteiger partial charge on any atom is -0.292 e. The molecule has 0 saturated carbocycles. The summed E-state index contributed by atoms with van der Waals surface area (Å²) in [5.74, 6) is -0.622. The molecule has 0 spiro atoms. The number of nitrogens with one attached hydrogen (secondary N) is 1. The number of rotatable bonds is 4. The van der Waals surface area contributed by atoms with E-state index >= 15 is 0 Å². The lowest BCUT2D eigenvalue weighted by Gasteiger charge is -2.06. The molecule has 6 heteroatoms. The third kappa shape index (κ3) is 3.59. The number of aryl methyl sites for hydroxylation is 1. The zero-order valence-corrected chi connectivity index (χ0v) is 13.1. The lowest BCUT2D eigenvalue weighted by Crippen LogP contribution is -2.23. The summed E-state index contributed by atoms with van der Waals surface area (Å²) in [6, 6.07) is 15.0. The molecule has 2 aromatic rings. The molecule has 0 fully saturated rings. The number of carbonyl (C=O) groups is 1. The number of sulfone groups is 1. The molecule has 0 aliphatic carbocycles. The number of Topliss-reactive ketones (excluding diaryl/α,β-unsaturated/α-hetero) is 1. The summed E-state index contributed by atoms with van der Waals surface area (Å²) < 4.78 is 24.9. The van der Waals surface area contributed by atoms with E-state index in [1.807, 2.05) is 19.1 Å². The molecule has 0 aliphatic rings. The SMILES string of the molecule is CC(=O)/C(=N/Nc1ccc(C)cc1)S(=O)(=O)c1ccccc1. The summed E-state index contributed by atoms with van der Waals surface area (Å²) in [5.41, 5.74) is 4.29. The van der Waals surface area contributed by atoms with Crippen LogP contribution < -0.4 is 5.43 Å². The van der Waals surface area contributed by atoms with E-state index in [1.54, 1.807) is 30.3 Å². The van der Waals surface area contributed by atoms with Gasteiger partial charge in [-0.05, 0) is 31.2 Å². The van der Waals surface area contributed by atoms with Gasteiger partial charge in [-0.3, -0.25) is 10.2 Å². The van der Waals surface area contributed by atoms with Crippen molar-refractivity contribution in [3.05, 3.63) is 60.2 Å². The summed E-state index contributed by atoms with van der Waals surface area (Å²) in [6.45, 7) is 3.12. The first-order chi connectivity index (χ1) is 10.4. The molecule has 0 atom stereocenters. The van der Waals surface area contributed by atoms with Crippen molar-refractivity contribution in [2.75, 3.05) is 5.43 Å². The Morgan fingerprint density at radius 1 is 1.00 bits per heavy atom. The molecule has 0 aliphatic heterocycles. The van der Waals surface area contributed by atoms with Crippen molar-refractivity contribution in [1.82, 2.24) is 0 Å². The molecule has 0 bridgehead atoms. The van der Waals surface area contributed by atoms with Gasteiger partial charge in [0.25, 0.3) is 0 Å². The molecule has 0 radical (unpaired) electrons. The maximum atomic E-state index is 12.5. The predicted octanol–water partition coefficient (Wildman–Crippen LogP) is 2.78. The number of hydrogen-bond acceptors (Lipinski definition) is 5. The van der Waals surface area contributed by atoms with E-state index in [4.69, 9.17) is 0 Å². The van der Waals surface area contributed by atoms with Crippen molar-refractivity contribution in [2.45, 2.75) is 18.7 Å². The zero-order valence-electron chi connectivity index (χ0n) is 12.3. The highest BCUT2D eigenvalue weighted by Gasteiger charge is 2.26. The van der Waals surface area contributed by atoms with E-state index in [-0.39, 0.29) is 4.90 Å². The Morgan fingerprint density at radius 3 is 2.14 bits per heavy atom. The minimum absolute atomic E-state index is 0.0367. The predicted molar refractivity (Wildman–Crippen MR) is 86.5 cm³/mol. The first-order valence-corrected chi connectivity index (χ1v) is 8.11. The normalized spacial score (nSPS) is 12.0. The molecule has 0 saturated heterocycles. The average Bonchev–Trinajstić information content (AvgIpc) is 2.50. The van der Waals surface area contributed by atoms with Gasteiger partial charge in [0, 0.05) is 6.92 Å². The number of anilines is 1. The summed E-state index contributed by atoms with van der Waals surface area (Å²) >= 11 is 0. The second kappa shape index (κ2) is 6.53. The van der Waals surface area contributed by atoms with Gasteiger partial charge < -0.3 is 0 Å². The molecule has 2 aromatic carbocycles. The smallest absolute Gasteiger partial charge is 0.229 e. The third-order valence-electron chi connectivity index (χ3n) is 2.95. The standard InChI is InChI=1S/C16H16N2O3S/c1-12-8-10-14(11-9-12)17-18-16(13(2)19)22(20,21)15-6-4-3-5-7-15/h3-11,17H,1-2H3/b18-16-. The Labute approximate surface area is 129 Å². The van der Waals surface area contributed by atoms with Gasteiger partial charge in [0.2, 0.25) is 14.9 Å². The Morgan fingerprint density at radius 2 is 1.59 bits per heavy atom. The summed E-state index contributed by atoms with van der Waals surface area (Å²) in [6.07, 6.45) is 0. The lowest BCUT2D eigenvalue weighted by atomic mass is 10.2. The van der Waals surface area contributed by atoms with E-state index in [2.05, 4.69) is 10.5 Å². The van der Waals surface area contributed by atoms with Crippen LogP contribution in [0, 0.1) is 6.92 Å². The van der Waals surface area contributed by atoms with Crippen molar-refractivity contribution in [3.63, 3.8) is 0 Å². The van der Waals surface area contributed by atoms with E-state index in [1.165, 1.54) is 19.1 Å². The molecule has 114 valence electrons. The Kier molecular flexibility index (Phi) is 4.72. The maximum absolute atomic E-state index is 12.5. The Hall–Kier alpha value is -2.47. The summed E-state index contributed by atoms with van der Waals surface area (Å²) in [7, 11) is -3.94. The molecule has 22 heavy (non-hydrogen) atoms. The molecule has 0 unspecified atom stereocenters. The van der Waals surface area contributed by atoms with E-state index in [9.17, 15) is 13.2 Å². The average molecular weight is 316 g/mol. The largest absolute Gasteiger partial charge is 0.292 e. The first-order valence-electron chi connectivity index (χ1n) is 6.62. The Bertz CT molecular complexity index is 795. The molecule has 0 aromatic heterocycles. The Balaban J connectivity index is 2.36. The second-order valence-corrected chi connectivity index (χ2v) is 6.63. The maximum Gasteiger partial charge on any atom is 0.229 e. The van der Waals surface area contributed by atoms with Gasteiger partial charge in [0.1, 0.15) is 0 Å². The molecule has 1 N–H and O–H groups in total. The highest BCUT2D eigenvalue weighted by molar-refractivity contribution is 8.08. The van der Waals surface area contributed by atoms with Crippen LogP contribution in [0.4, 0.5) is 5.69 Å². The molecule has 5 nitrogen and oxygen atoms in total. The monoisotopic (exact) mass is 316 g/mol. The van der Waals surface area contributed by atoms with Gasteiger partial charge in [0.05, 0.1) is 10.6 Å². The minimum atomic E-state index is -3.94. The molecular weight excluding hydrogens is 300 g/mol. The van der Waals surface area contributed by atoms with Gasteiger partial charge in [-0.15, -0.1) is 0 Å². The fourth-order valence-corrected chi connectivity index (χ4v) is 3.07. The van der Waals surface area contributed by atoms with Crippen LogP contribution in [0.3, 0.4) is 0 Å². The third-order valence-corrected chi connectivity index (χ3v) is 4.73. The van der Waals surface area contributed by atoms with Crippen molar-refractivity contribution < 1.29 is 13.2 Å². The second-order valence-electron chi connectivity index (χ2n) is 4.77. The number of benzene rings is 2. The highest BCUT2D eigenvalue weighted by Crippen LogP contribution is 2.14. The first kappa shape index (κ1) is 15.9. The van der Waals surface area contributed by atoms with E-state index < -0.39 is 20.7 Å². The quantitative estimate of drug-likeness (QED) is 0.534. The summed E-state index contributed by atoms with van der Waals surface area (Å²) in [4.78, 5) is 11.7. The van der Waals surface area contributed by atoms with Crippen LogP contribution in [0.2, 0.25) is 0 Å². The van der Waals surface area contributed by atoms with Crippen LogP contribution in [0.15, 0.2) is 64.6 Å². The molecule has 0 heterocycles. The number of hydrazone groups is 1. The van der Waals surface area contributed by atoms with Crippen LogP contribution in [0.25, 0.3) is 0 Å². The lowest BCUT2D eigenvalue weighted by molar-refractivity contribution is -0.110. The zero-order chi connectivity index (χ0) is 16.2. The van der Waals surface area contributed by atoms with Crippen molar-refractivity contribution >= 4 is 26.4 Å². The van der Waals surface area contributed by atoms with Crippen LogP contribution in [0.1, 0.15) is 12.5 Å². The van der Waals surface area contributed by atoms with Gasteiger partial charge in [0.15, 0.2) is 5.78 Å². The fraction of sp³-hybridized carbons (Fsp3) is 0.125. The molecule has 0 amide bonds.